The maximum atomic E-state index is 13.6. The first kappa shape index (κ1) is 36.6. The number of aryl methyl sites for hydroxylation is 1. The van der Waals surface area contributed by atoms with E-state index in [1.165, 1.54) is 87.8 Å². The molecule has 3 fully saturated rings. The molecule has 0 saturated heterocycles. The van der Waals surface area contributed by atoms with Crippen LogP contribution in [0, 0.1) is 6.92 Å². The van der Waals surface area contributed by atoms with Gasteiger partial charge in [0.05, 0.1) is 0 Å². The molecule has 0 heterocycles. The molecule has 0 atom stereocenters. The molecule has 0 radical (unpaired) electrons. The predicted molar refractivity (Wildman–Crippen MR) is 235 cm³/mol. The summed E-state index contributed by atoms with van der Waals surface area (Å²) >= 11 is 0. The Morgan fingerprint density at radius 2 is 1.05 bits per heavy atom. The predicted octanol–water partition coefficient (Wildman–Crippen LogP) is 12.1. The van der Waals surface area contributed by atoms with Crippen molar-refractivity contribution < 1.29 is 19.2 Å². The number of carbonyl (C=O) groups excluding carboxylic acids is 4. The Morgan fingerprint density at radius 1 is 0.542 bits per heavy atom. The van der Waals surface area contributed by atoms with Crippen molar-refractivity contribution in [2.45, 2.75) is 119 Å². The summed E-state index contributed by atoms with van der Waals surface area (Å²) in [6.07, 6.45) is 26.3. The van der Waals surface area contributed by atoms with E-state index in [0.717, 1.165) is 80.9 Å². The Balaban J connectivity index is 1.09. The number of ketones is 3. The van der Waals surface area contributed by atoms with Gasteiger partial charge in [-0.1, -0.05) is 118 Å². The smallest absolute Gasteiger partial charge is 0.234 e. The number of hydrogen-bond acceptors (Lipinski definition) is 4. The van der Waals surface area contributed by atoms with E-state index in [2.05, 4.69) is 48.6 Å². The summed E-state index contributed by atoms with van der Waals surface area (Å²) in [7, 11) is 0. The Hall–Kier alpha value is -5.48. The van der Waals surface area contributed by atoms with Gasteiger partial charge in [0.25, 0.3) is 0 Å². The third-order valence-electron chi connectivity index (χ3n) is 15.9. The van der Waals surface area contributed by atoms with Gasteiger partial charge in [0.1, 0.15) is 0 Å². The lowest BCUT2D eigenvalue weighted by Gasteiger charge is -2.38. The van der Waals surface area contributed by atoms with Crippen molar-refractivity contribution in [2.24, 2.45) is 0 Å². The lowest BCUT2D eigenvalue weighted by atomic mass is 9.65. The van der Waals surface area contributed by atoms with Crippen LogP contribution in [0.4, 0.5) is 0 Å². The molecule has 11 rings (SSSR count). The number of carbonyl (C=O) groups is 4. The molecular weight excluding hydrogens is 725 g/mol. The van der Waals surface area contributed by atoms with E-state index in [-0.39, 0.29) is 22.0 Å². The number of benzene rings is 4. The van der Waals surface area contributed by atoms with Crippen LogP contribution in [0.25, 0.3) is 34.4 Å². The van der Waals surface area contributed by atoms with Crippen LogP contribution in [0.5, 0.6) is 0 Å². The molecule has 3 spiro atoms. The normalized spacial score (nSPS) is 22.3. The molecule has 0 aliphatic heterocycles. The first-order valence-electron chi connectivity index (χ1n) is 22.3. The van der Waals surface area contributed by atoms with Gasteiger partial charge in [-0.15, -0.1) is 0 Å². The van der Waals surface area contributed by atoms with E-state index in [9.17, 15) is 19.2 Å². The lowest BCUT2D eigenvalue weighted by Crippen LogP contribution is -2.30. The van der Waals surface area contributed by atoms with E-state index >= 15 is 0 Å². The van der Waals surface area contributed by atoms with Gasteiger partial charge in [0.15, 0.2) is 6.29 Å². The molecule has 7 aliphatic rings. The zero-order valence-electron chi connectivity index (χ0n) is 34.1. The molecule has 0 unspecified atom stereocenters. The van der Waals surface area contributed by atoms with E-state index in [1.807, 2.05) is 49.4 Å². The van der Waals surface area contributed by atoms with Gasteiger partial charge in [0.2, 0.25) is 17.3 Å². The van der Waals surface area contributed by atoms with Gasteiger partial charge in [-0.3, -0.25) is 19.2 Å². The summed E-state index contributed by atoms with van der Waals surface area (Å²) in [5, 5.41) is 0. The fraction of sp³-hybridized carbons (Fsp3) is 0.345. The van der Waals surface area contributed by atoms with Gasteiger partial charge in [-0.2, -0.15) is 0 Å². The third kappa shape index (κ3) is 5.20. The summed E-state index contributed by atoms with van der Waals surface area (Å²) < 4.78 is 0. The maximum Gasteiger partial charge on any atom is 0.234 e. The summed E-state index contributed by atoms with van der Waals surface area (Å²) in [4.78, 5) is 52.3. The van der Waals surface area contributed by atoms with Crippen molar-refractivity contribution >= 4 is 46.9 Å². The average Bonchev–Trinajstić information content (AvgIpc) is 3.89. The number of Topliss-reactive ketones (excluding diaryl/α,β-unsaturated/α-hetero) is 3. The maximum absolute atomic E-state index is 13.6. The second-order valence-electron chi connectivity index (χ2n) is 18.7. The fourth-order valence-electron chi connectivity index (χ4n) is 13.0. The summed E-state index contributed by atoms with van der Waals surface area (Å²) in [5.74, 6) is -1.25. The molecule has 294 valence electrons. The van der Waals surface area contributed by atoms with Crippen molar-refractivity contribution in [3.05, 3.63) is 152 Å². The van der Waals surface area contributed by atoms with Crippen molar-refractivity contribution in [3.63, 3.8) is 0 Å². The Labute approximate surface area is 347 Å². The Morgan fingerprint density at radius 3 is 1.63 bits per heavy atom. The Kier molecular flexibility index (Phi) is 8.39. The molecule has 59 heavy (non-hydrogen) atoms. The highest BCUT2D eigenvalue weighted by molar-refractivity contribution is 6.63. The number of fused-ring (bicyclic) bond motifs is 10. The monoisotopic (exact) mass is 774 g/mol. The number of rotatable bonds is 5. The highest BCUT2D eigenvalue weighted by atomic mass is 16.2. The minimum absolute atomic E-state index is 0.0690. The van der Waals surface area contributed by atoms with Crippen molar-refractivity contribution in [2.75, 3.05) is 0 Å². The standard InChI is InChI=1S/C55H50O4/c1-34-15-5-6-16-39(34)44(50(57)33-56)29-37-25-35-27-48-42(31-46(35)53(37)19-9-2-10-20-53)43-32-47-36(28-49(43)55(48)23-13-4-14-24-55)26-38(54(47)21-11-3-12-22-54)30-45-40-17-7-8-18-41(40)51(58)52(45)59/h5-8,15-18,25-33H,2-4,9-14,19-24H2,1H3/b44-29-,45-30-. The largest absolute Gasteiger partial charge is 0.294 e. The molecule has 0 N–H and O–H groups in total. The van der Waals surface area contributed by atoms with Gasteiger partial charge in [0, 0.05) is 33.0 Å². The van der Waals surface area contributed by atoms with Crippen LogP contribution in [0.3, 0.4) is 0 Å². The van der Waals surface area contributed by atoms with Crippen LogP contribution in [0.1, 0.15) is 157 Å². The van der Waals surface area contributed by atoms with E-state index in [4.69, 9.17) is 0 Å². The zero-order chi connectivity index (χ0) is 40.1. The third-order valence-corrected chi connectivity index (χ3v) is 15.9. The van der Waals surface area contributed by atoms with Crippen LogP contribution >= 0.6 is 0 Å². The molecule has 0 bridgehead atoms. The molecule has 4 aromatic rings. The van der Waals surface area contributed by atoms with Crippen molar-refractivity contribution in [3.8, 4) is 11.1 Å². The minimum atomic E-state index is -0.470. The molecule has 7 aliphatic carbocycles. The van der Waals surface area contributed by atoms with Crippen LogP contribution in [0.15, 0.2) is 96.1 Å². The number of hydrogen-bond donors (Lipinski definition) is 0. The van der Waals surface area contributed by atoms with E-state index < -0.39 is 11.6 Å². The topological polar surface area (TPSA) is 68.3 Å². The summed E-state index contributed by atoms with van der Waals surface area (Å²) in [5.41, 5.74) is 17.0. The van der Waals surface area contributed by atoms with E-state index in [1.54, 1.807) is 6.07 Å². The molecule has 3 saturated carbocycles. The molecule has 4 aromatic carbocycles. The number of aldehydes is 1. The van der Waals surface area contributed by atoms with Crippen molar-refractivity contribution in [1.29, 1.82) is 0 Å². The second kappa shape index (κ2) is 13.5. The average molecular weight is 775 g/mol. The fourth-order valence-corrected chi connectivity index (χ4v) is 13.0. The zero-order valence-corrected chi connectivity index (χ0v) is 34.1. The van der Waals surface area contributed by atoms with Crippen molar-refractivity contribution in [1.82, 2.24) is 0 Å². The minimum Gasteiger partial charge on any atom is -0.294 e. The van der Waals surface area contributed by atoms with Gasteiger partial charge in [-0.05, 0) is 154 Å². The quantitative estimate of drug-likeness (QED) is 0.115. The van der Waals surface area contributed by atoms with Gasteiger partial charge in [-0.25, -0.2) is 0 Å². The molecular formula is C55H50O4. The second-order valence-corrected chi connectivity index (χ2v) is 18.7. The lowest BCUT2D eigenvalue weighted by molar-refractivity contribution is -0.126. The molecule has 0 amide bonds. The molecule has 0 aromatic heterocycles. The van der Waals surface area contributed by atoms with Crippen LogP contribution in [-0.4, -0.2) is 23.6 Å². The highest BCUT2D eigenvalue weighted by Crippen LogP contribution is 2.62. The molecule has 4 nitrogen and oxygen atoms in total. The SMILES string of the molecule is Cc1ccccc1/C(=C/C1=Cc2cc3c(cc2C12CCCCC2)-c1cc2c(cc1C31CCCCC1)C=C(/C=C1\C(=O)C(=O)c3ccccc31)C21CCCCC1)C(=O)C=O. The van der Waals surface area contributed by atoms with Crippen LogP contribution in [0.2, 0.25) is 0 Å². The summed E-state index contributed by atoms with van der Waals surface area (Å²) in [6.45, 7) is 2.01. The molecule has 4 heteroatoms. The number of allylic oxidation sites excluding steroid dienone is 6. The van der Waals surface area contributed by atoms with Crippen LogP contribution < -0.4 is 0 Å². The Bertz CT molecular complexity index is 2670. The van der Waals surface area contributed by atoms with E-state index in [0.29, 0.717) is 23.0 Å². The van der Waals surface area contributed by atoms with Crippen LogP contribution in [-0.2, 0) is 30.6 Å². The summed E-state index contributed by atoms with van der Waals surface area (Å²) in [6, 6.07) is 25.6. The first-order chi connectivity index (χ1) is 28.8. The van der Waals surface area contributed by atoms with Gasteiger partial charge < -0.3 is 0 Å². The van der Waals surface area contributed by atoms with Gasteiger partial charge >= 0.3 is 0 Å². The first-order valence-corrected chi connectivity index (χ1v) is 22.3. The highest BCUT2D eigenvalue weighted by Gasteiger charge is 2.50.